The van der Waals surface area contributed by atoms with E-state index < -0.39 is 0 Å². The van der Waals surface area contributed by atoms with Gasteiger partial charge in [-0.2, -0.15) is 0 Å². The molecule has 2 heterocycles. The number of hydrogen-bond acceptors (Lipinski definition) is 6. The molecule has 2 aliphatic carbocycles. The van der Waals surface area contributed by atoms with Crippen molar-refractivity contribution in [1.29, 1.82) is 0 Å². The summed E-state index contributed by atoms with van der Waals surface area (Å²) in [7, 11) is 1.60. The molecule has 4 rings (SSSR count). The average Bonchev–Trinajstić information content (AvgIpc) is 2.88. The van der Waals surface area contributed by atoms with Crippen molar-refractivity contribution in [1.82, 2.24) is 0 Å². The minimum absolute atomic E-state index is 0.00795. The Morgan fingerprint density at radius 2 is 2.11 bits per heavy atom. The summed E-state index contributed by atoms with van der Waals surface area (Å²) >= 11 is 3.79. The van der Waals surface area contributed by atoms with Gasteiger partial charge in [0.25, 0.3) is 0 Å². The summed E-state index contributed by atoms with van der Waals surface area (Å²) in [5.74, 6) is 1.34. The van der Waals surface area contributed by atoms with Crippen LogP contribution in [-0.4, -0.2) is 43.0 Å². The Hall–Kier alpha value is -1.63. The number of nitrogens with zero attached hydrogens (tertiary/aromatic N) is 1. The number of carbonyl (C=O) groups excluding carboxylic acids is 2. The van der Waals surface area contributed by atoms with E-state index in [0.29, 0.717) is 25.2 Å². The second-order valence-corrected chi connectivity index (χ2v) is 8.71. The number of hydrogen-bond donors (Lipinski definition) is 0. The van der Waals surface area contributed by atoms with Crippen LogP contribution < -0.4 is 0 Å². The number of halogens is 1. The summed E-state index contributed by atoms with van der Waals surface area (Å²) in [5, 5.41) is 0. The summed E-state index contributed by atoms with van der Waals surface area (Å²) in [6, 6.07) is -0.185. The number of ketones is 1. The molecule has 0 amide bonds. The van der Waals surface area contributed by atoms with E-state index in [1.807, 2.05) is 6.08 Å². The zero-order valence-corrected chi connectivity index (χ0v) is 17.4. The van der Waals surface area contributed by atoms with Gasteiger partial charge in [0.05, 0.1) is 18.6 Å². The fourth-order valence-corrected chi connectivity index (χ4v) is 5.98. The van der Waals surface area contributed by atoms with Crippen LogP contribution in [-0.2, 0) is 23.8 Å². The van der Waals surface area contributed by atoms with Crippen molar-refractivity contribution in [3.8, 4) is 0 Å². The minimum atomic E-state index is -0.389. The molecule has 27 heavy (non-hydrogen) atoms. The van der Waals surface area contributed by atoms with Gasteiger partial charge < -0.3 is 14.2 Å². The molecule has 0 N–H and O–H groups in total. The highest BCUT2D eigenvalue weighted by molar-refractivity contribution is 9.11. The second kappa shape index (κ2) is 6.76. The molecular weight excluding hydrogens is 414 g/mol. The standard InChI is InChI=1S/C20H24BrNO5/c1-10(23)12-4-5-17-20(9-12)16(21)8-18(25-3)22-14-6-13(26-11(2)24)7-15(27-17)19(14)20/h8,12-14,17H,4-7,9H2,1-3H3/t12?,13-,14?,17?,20?/m1/s1. The van der Waals surface area contributed by atoms with Crippen LogP contribution in [0.25, 0.3) is 0 Å². The van der Waals surface area contributed by atoms with Gasteiger partial charge in [-0.25, -0.2) is 4.99 Å². The third kappa shape index (κ3) is 2.94. The van der Waals surface area contributed by atoms with Crippen LogP contribution in [0.2, 0.25) is 0 Å². The van der Waals surface area contributed by atoms with Gasteiger partial charge in [-0.1, -0.05) is 15.9 Å². The number of aliphatic imine (C=N–C) groups is 1. The molecule has 7 heteroatoms. The maximum Gasteiger partial charge on any atom is 0.302 e. The predicted octanol–water partition coefficient (Wildman–Crippen LogP) is 3.45. The van der Waals surface area contributed by atoms with Gasteiger partial charge in [0.2, 0.25) is 5.90 Å². The number of methoxy groups -OCH3 is 1. The molecule has 1 fully saturated rings. The van der Waals surface area contributed by atoms with Crippen LogP contribution in [0.4, 0.5) is 0 Å². The molecule has 2 aliphatic heterocycles. The molecule has 4 aliphatic rings. The molecule has 5 atom stereocenters. The van der Waals surface area contributed by atoms with E-state index in [0.717, 1.165) is 28.7 Å². The summed E-state index contributed by atoms with van der Waals surface area (Å²) in [5.41, 5.74) is 0.747. The topological polar surface area (TPSA) is 74.2 Å². The van der Waals surface area contributed by atoms with Crippen LogP contribution in [0.1, 0.15) is 46.0 Å². The van der Waals surface area contributed by atoms with E-state index >= 15 is 0 Å². The molecule has 0 aromatic carbocycles. The van der Waals surface area contributed by atoms with Crippen molar-refractivity contribution in [2.45, 2.75) is 64.2 Å². The van der Waals surface area contributed by atoms with Crippen molar-refractivity contribution in [3.63, 3.8) is 0 Å². The normalized spacial score (nSPS) is 37.2. The second-order valence-electron chi connectivity index (χ2n) is 7.85. The summed E-state index contributed by atoms with van der Waals surface area (Å²) < 4.78 is 18.3. The van der Waals surface area contributed by atoms with Crippen molar-refractivity contribution in [3.05, 3.63) is 21.9 Å². The van der Waals surface area contributed by atoms with Gasteiger partial charge in [-0.3, -0.25) is 9.59 Å². The van der Waals surface area contributed by atoms with Gasteiger partial charge in [0, 0.05) is 41.8 Å². The Morgan fingerprint density at radius 3 is 2.78 bits per heavy atom. The van der Waals surface area contributed by atoms with Gasteiger partial charge in [0.15, 0.2) is 0 Å². The lowest BCUT2D eigenvalue weighted by atomic mass is 9.61. The molecular formula is C20H24BrNO5. The maximum absolute atomic E-state index is 12.2. The smallest absolute Gasteiger partial charge is 0.302 e. The fraction of sp³-hybridized carbons (Fsp3) is 0.650. The van der Waals surface area contributed by atoms with Crippen LogP contribution in [0.3, 0.4) is 0 Å². The highest BCUT2D eigenvalue weighted by Gasteiger charge is 2.60. The van der Waals surface area contributed by atoms with Crippen LogP contribution >= 0.6 is 15.9 Å². The quantitative estimate of drug-likeness (QED) is 0.618. The first kappa shape index (κ1) is 18.7. The molecule has 6 nitrogen and oxygen atoms in total. The fourth-order valence-electron chi connectivity index (χ4n) is 5.15. The summed E-state index contributed by atoms with van der Waals surface area (Å²) in [4.78, 5) is 28.5. The highest BCUT2D eigenvalue weighted by atomic mass is 79.9. The highest BCUT2D eigenvalue weighted by Crippen LogP contribution is 2.62. The Balaban J connectivity index is 1.82. The van der Waals surface area contributed by atoms with E-state index in [1.165, 1.54) is 6.92 Å². The van der Waals surface area contributed by atoms with Crippen LogP contribution in [0, 0.1) is 11.3 Å². The molecule has 0 radical (unpaired) electrons. The molecule has 0 bridgehead atoms. The van der Waals surface area contributed by atoms with Gasteiger partial charge in [0.1, 0.15) is 23.8 Å². The largest absolute Gasteiger partial charge is 0.493 e. The lowest BCUT2D eigenvalue weighted by molar-refractivity contribution is -0.147. The van der Waals surface area contributed by atoms with Crippen molar-refractivity contribution in [2.24, 2.45) is 16.3 Å². The zero-order chi connectivity index (χ0) is 19.3. The lowest BCUT2D eigenvalue weighted by Crippen LogP contribution is -2.44. The van der Waals surface area contributed by atoms with E-state index in [9.17, 15) is 9.59 Å². The number of Topliss-reactive ketones (excluding diaryl/α,β-unsaturated/α-hetero) is 1. The molecule has 0 aromatic heterocycles. The first-order valence-electron chi connectivity index (χ1n) is 9.42. The maximum atomic E-state index is 12.2. The SMILES string of the molecule is COC1=NC2C[C@@H](OC(C)=O)CC3=C2C2(CC(C(C)=O)CCC2O3)C(Br)=C1. The molecule has 0 aromatic rings. The van der Waals surface area contributed by atoms with Gasteiger partial charge in [-0.15, -0.1) is 0 Å². The van der Waals surface area contributed by atoms with Crippen molar-refractivity contribution < 1.29 is 23.8 Å². The predicted molar refractivity (Wildman–Crippen MR) is 102 cm³/mol. The average molecular weight is 438 g/mol. The number of ether oxygens (including phenoxy) is 3. The first-order chi connectivity index (χ1) is 12.8. The van der Waals surface area contributed by atoms with Crippen LogP contribution in [0.5, 0.6) is 0 Å². The van der Waals surface area contributed by atoms with Gasteiger partial charge >= 0.3 is 5.97 Å². The van der Waals surface area contributed by atoms with E-state index in [2.05, 4.69) is 15.9 Å². The Labute approximate surface area is 167 Å². The van der Waals surface area contributed by atoms with Crippen molar-refractivity contribution >= 4 is 33.6 Å². The van der Waals surface area contributed by atoms with E-state index in [1.54, 1.807) is 14.0 Å². The minimum Gasteiger partial charge on any atom is -0.493 e. The van der Waals surface area contributed by atoms with Crippen molar-refractivity contribution in [2.75, 3.05) is 7.11 Å². The molecule has 146 valence electrons. The Kier molecular flexibility index (Phi) is 4.69. The summed E-state index contributed by atoms with van der Waals surface area (Å²) in [6.07, 6.45) is 5.14. The van der Waals surface area contributed by atoms with E-state index in [-0.39, 0.29) is 41.3 Å². The number of carbonyl (C=O) groups is 2. The monoisotopic (exact) mass is 437 g/mol. The summed E-state index contributed by atoms with van der Waals surface area (Å²) in [6.45, 7) is 3.10. The lowest BCUT2D eigenvalue weighted by Gasteiger charge is -2.43. The Morgan fingerprint density at radius 1 is 1.33 bits per heavy atom. The molecule has 4 unspecified atom stereocenters. The van der Waals surface area contributed by atoms with Gasteiger partial charge in [-0.05, 0) is 26.2 Å². The number of esters is 1. The van der Waals surface area contributed by atoms with E-state index in [4.69, 9.17) is 19.2 Å². The third-order valence-electron chi connectivity index (χ3n) is 6.27. The zero-order valence-electron chi connectivity index (χ0n) is 15.8. The first-order valence-corrected chi connectivity index (χ1v) is 10.2. The molecule has 1 spiro atoms. The third-order valence-corrected chi connectivity index (χ3v) is 7.21. The Bertz CT molecular complexity index is 785. The molecule has 1 saturated carbocycles. The molecule has 0 saturated heterocycles. The van der Waals surface area contributed by atoms with Crippen LogP contribution in [0.15, 0.2) is 26.9 Å². The number of rotatable bonds is 2.